The van der Waals surface area contributed by atoms with Crippen LogP contribution in [0, 0.1) is 0 Å². The molecule has 0 fully saturated rings. The minimum absolute atomic E-state index is 0.178. The first-order chi connectivity index (χ1) is 14.1. The van der Waals surface area contributed by atoms with Crippen LogP contribution >= 0.6 is 0 Å². The van der Waals surface area contributed by atoms with Gasteiger partial charge < -0.3 is 24.1 Å². The normalized spacial score (nSPS) is 14.9. The second-order valence-electron chi connectivity index (χ2n) is 6.78. The van der Waals surface area contributed by atoms with E-state index in [2.05, 4.69) is 6.92 Å². The lowest BCUT2D eigenvalue weighted by Gasteiger charge is -2.16. The van der Waals surface area contributed by atoms with E-state index >= 15 is 0 Å². The summed E-state index contributed by atoms with van der Waals surface area (Å²) in [5, 5.41) is 11.4. The van der Waals surface area contributed by atoms with Gasteiger partial charge >= 0.3 is 12.4 Å². The Morgan fingerprint density at radius 3 is 2.38 bits per heavy atom. The van der Waals surface area contributed by atoms with Crippen LogP contribution in [0.25, 0.3) is 21.9 Å². The molecule has 6 heteroatoms. The number of fused-ring (bicyclic) bond motifs is 2. The summed E-state index contributed by atoms with van der Waals surface area (Å²) in [6.45, 7) is 1.75. The summed E-state index contributed by atoms with van der Waals surface area (Å²) in [5.41, 5.74) is 1.60. The Morgan fingerprint density at radius 2 is 1.76 bits per heavy atom. The van der Waals surface area contributed by atoms with E-state index in [9.17, 15) is 9.90 Å². The number of hydrogen-bond donors (Lipinski definition) is 1. The number of ether oxygens (including phenoxy) is 4. The predicted molar refractivity (Wildman–Crippen MR) is 109 cm³/mol. The molecule has 1 atom stereocenters. The second kappa shape index (κ2) is 8.01. The van der Waals surface area contributed by atoms with Crippen molar-refractivity contribution in [2.45, 2.75) is 26.2 Å². The average Bonchev–Trinajstić information content (AvgIpc) is 3.14. The summed E-state index contributed by atoms with van der Waals surface area (Å²) in [4.78, 5) is 12.1. The molecule has 0 aromatic heterocycles. The molecule has 1 aliphatic heterocycles. The van der Waals surface area contributed by atoms with Crippen LogP contribution in [-0.4, -0.2) is 31.3 Å². The van der Waals surface area contributed by atoms with Gasteiger partial charge in [0, 0.05) is 18.1 Å². The Labute approximate surface area is 168 Å². The quantitative estimate of drug-likeness (QED) is 0.563. The van der Waals surface area contributed by atoms with E-state index < -0.39 is 12.4 Å². The zero-order valence-corrected chi connectivity index (χ0v) is 16.3. The maximum absolute atomic E-state index is 12.1. The zero-order chi connectivity index (χ0) is 20.4. The number of hydrogen-bond acceptors (Lipinski definition) is 5. The van der Waals surface area contributed by atoms with Gasteiger partial charge in [0.1, 0.15) is 5.75 Å². The van der Waals surface area contributed by atoms with Gasteiger partial charge in [0.05, 0.1) is 12.2 Å². The molecule has 0 spiro atoms. The molecule has 1 heterocycles. The van der Waals surface area contributed by atoms with Gasteiger partial charge in [0.15, 0.2) is 11.5 Å². The third kappa shape index (κ3) is 3.59. The molecule has 0 radical (unpaired) electrons. The lowest BCUT2D eigenvalue weighted by atomic mass is 9.92. The SMILES string of the molecule is CCCCOc1cc(C(=O)O)c(-c2ccccc2)c2cc3c(cc12)OC(OC)O3. The zero-order valence-electron chi connectivity index (χ0n) is 16.3. The van der Waals surface area contributed by atoms with Gasteiger partial charge in [0.2, 0.25) is 0 Å². The number of aromatic carboxylic acids is 1. The molecule has 0 amide bonds. The number of unbranched alkanes of at least 4 members (excludes halogenated alkanes) is 1. The van der Waals surface area contributed by atoms with E-state index in [1.807, 2.05) is 36.4 Å². The number of methoxy groups -OCH3 is 1. The molecule has 4 rings (SSSR count). The van der Waals surface area contributed by atoms with Crippen LogP contribution in [0.2, 0.25) is 0 Å². The first kappa shape index (κ1) is 19.1. The first-order valence-electron chi connectivity index (χ1n) is 9.54. The number of benzene rings is 3. The molecule has 0 aliphatic carbocycles. The molecule has 6 nitrogen and oxygen atoms in total. The summed E-state index contributed by atoms with van der Waals surface area (Å²) in [6.07, 6.45) is 1.86. The third-order valence-electron chi connectivity index (χ3n) is 4.85. The Balaban J connectivity index is 1.98. The van der Waals surface area contributed by atoms with Crippen molar-refractivity contribution in [1.82, 2.24) is 0 Å². The molecule has 150 valence electrons. The summed E-state index contributed by atoms with van der Waals surface area (Å²) >= 11 is 0. The molecule has 1 N–H and O–H groups in total. The van der Waals surface area contributed by atoms with Crippen molar-refractivity contribution in [3.63, 3.8) is 0 Å². The van der Waals surface area contributed by atoms with Crippen LogP contribution in [0.15, 0.2) is 48.5 Å². The smallest absolute Gasteiger partial charge is 0.360 e. The van der Waals surface area contributed by atoms with Gasteiger partial charge in [-0.05, 0) is 35.6 Å². The summed E-state index contributed by atoms with van der Waals surface area (Å²) in [5.74, 6) is 0.534. The molecule has 0 saturated heterocycles. The maximum Gasteiger partial charge on any atom is 0.360 e. The number of carbonyl (C=O) groups is 1. The van der Waals surface area contributed by atoms with E-state index in [-0.39, 0.29) is 5.56 Å². The molecule has 3 aromatic rings. The van der Waals surface area contributed by atoms with Crippen molar-refractivity contribution in [2.24, 2.45) is 0 Å². The van der Waals surface area contributed by atoms with Crippen LogP contribution in [0.3, 0.4) is 0 Å². The van der Waals surface area contributed by atoms with Crippen molar-refractivity contribution in [3.8, 4) is 28.4 Å². The Morgan fingerprint density at radius 1 is 1.07 bits per heavy atom. The van der Waals surface area contributed by atoms with Crippen LogP contribution in [0.5, 0.6) is 17.2 Å². The van der Waals surface area contributed by atoms with Gasteiger partial charge in [-0.3, -0.25) is 0 Å². The van der Waals surface area contributed by atoms with E-state index in [4.69, 9.17) is 18.9 Å². The van der Waals surface area contributed by atoms with Crippen molar-refractivity contribution in [1.29, 1.82) is 0 Å². The van der Waals surface area contributed by atoms with E-state index in [0.29, 0.717) is 29.4 Å². The standard InChI is InChI=1S/C23H22O6/c1-3-4-10-27-18-13-17(22(24)25)21(14-8-6-5-7-9-14)16-12-20-19(11-15(16)18)28-23(26-2)29-20/h5-9,11-13,23H,3-4,10H2,1-2H3,(H,24,25). The molecule has 3 aromatic carbocycles. The molecule has 29 heavy (non-hydrogen) atoms. The Hall–Kier alpha value is -3.25. The minimum atomic E-state index is -1.02. The summed E-state index contributed by atoms with van der Waals surface area (Å²) in [6, 6.07) is 14.7. The number of carboxylic acid groups (broad SMARTS) is 1. The van der Waals surface area contributed by atoms with Crippen LogP contribution in [-0.2, 0) is 4.74 Å². The molecule has 0 saturated carbocycles. The lowest BCUT2D eigenvalue weighted by molar-refractivity contribution is -0.157. The van der Waals surface area contributed by atoms with Gasteiger partial charge in [-0.25, -0.2) is 4.79 Å². The predicted octanol–water partition coefficient (Wildman–Crippen LogP) is 5.09. The van der Waals surface area contributed by atoms with E-state index in [1.165, 1.54) is 7.11 Å². The monoisotopic (exact) mass is 394 g/mol. The largest absolute Gasteiger partial charge is 0.493 e. The van der Waals surface area contributed by atoms with Crippen molar-refractivity contribution >= 4 is 16.7 Å². The van der Waals surface area contributed by atoms with E-state index in [1.54, 1.807) is 12.1 Å². The fourth-order valence-corrected chi connectivity index (χ4v) is 3.44. The maximum atomic E-state index is 12.1. The second-order valence-corrected chi connectivity index (χ2v) is 6.78. The third-order valence-corrected chi connectivity index (χ3v) is 4.85. The van der Waals surface area contributed by atoms with Gasteiger partial charge in [-0.1, -0.05) is 43.7 Å². The fraction of sp³-hybridized carbons (Fsp3) is 0.261. The topological polar surface area (TPSA) is 74.2 Å². The van der Waals surface area contributed by atoms with Crippen molar-refractivity contribution < 1.29 is 28.8 Å². The van der Waals surface area contributed by atoms with Gasteiger partial charge in [-0.2, -0.15) is 0 Å². The highest BCUT2D eigenvalue weighted by atomic mass is 16.9. The highest BCUT2D eigenvalue weighted by Gasteiger charge is 2.27. The molecular formula is C23H22O6. The average molecular weight is 394 g/mol. The molecule has 1 aliphatic rings. The summed E-state index contributed by atoms with van der Waals surface area (Å²) < 4.78 is 22.4. The molecule has 0 bridgehead atoms. The van der Waals surface area contributed by atoms with E-state index in [0.717, 1.165) is 29.2 Å². The first-order valence-corrected chi connectivity index (χ1v) is 9.54. The van der Waals surface area contributed by atoms with Gasteiger partial charge in [0.25, 0.3) is 0 Å². The minimum Gasteiger partial charge on any atom is -0.493 e. The molecular weight excluding hydrogens is 372 g/mol. The number of carboxylic acids is 1. The highest BCUT2D eigenvalue weighted by molar-refractivity contribution is 6.10. The lowest BCUT2D eigenvalue weighted by Crippen LogP contribution is -2.19. The van der Waals surface area contributed by atoms with Crippen molar-refractivity contribution in [3.05, 3.63) is 54.1 Å². The van der Waals surface area contributed by atoms with Gasteiger partial charge in [-0.15, -0.1) is 0 Å². The van der Waals surface area contributed by atoms with Crippen LogP contribution in [0.4, 0.5) is 0 Å². The van der Waals surface area contributed by atoms with Crippen LogP contribution < -0.4 is 14.2 Å². The highest BCUT2D eigenvalue weighted by Crippen LogP contribution is 2.45. The Kier molecular flexibility index (Phi) is 5.27. The Bertz CT molecular complexity index is 1040. The molecule has 1 unspecified atom stereocenters. The summed E-state index contributed by atoms with van der Waals surface area (Å²) in [7, 11) is 1.49. The fourth-order valence-electron chi connectivity index (χ4n) is 3.44. The van der Waals surface area contributed by atoms with Crippen LogP contribution in [0.1, 0.15) is 30.1 Å². The van der Waals surface area contributed by atoms with Crippen molar-refractivity contribution in [2.75, 3.05) is 13.7 Å². The number of rotatable bonds is 7.